The van der Waals surface area contributed by atoms with E-state index in [2.05, 4.69) is 20.8 Å². The van der Waals surface area contributed by atoms with Gasteiger partial charge in [-0.05, 0) is 25.7 Å². The Morgan fingerprint density at radius 3 is 2.70 bits per heavy atom. The normalized spacial score (nSPS) is 28.5. The molecule has 9 heteroatoms. The lowest BCUT2D eigenvalue weighted by Gasteiger charge is -2.43. The third-order valence-corrected chi connectivity index (χ3v) is 6.04. The molecule has 0 spiro atoms. The van der Waals surface area contributed by atoms with E-state index >= 15 is 0 Å². The van der Waals surface area contributed by atoms with Crippen molar-refractivity contribution in [3.05, 3.63) is 17.8 Å². The molecule has 3 atom stereocenters. The minimum atomic E-state index is -0.404. The molecule has 8 nitrogen and oxygen atoms in total. The average molecular weight is 376 g/mol. The number of aryl methyl sites for hydroxylation is 1. The number of halogens is 1. The van der Waals surface area contributed by atoms with E-state index < -0.39 is 5.82 Å². The van der Waals surface area contributed by atoms with Gasteiger partial charge in [-0.3, -0.25) is 15.0 Å². The van der Waals surface area contributed by atoms with Crippen molar-refractivity contribution in [3.63, 3.8) is 0 Å². The lowest BCUT2D eigenvalue weighted by Crippen LogP contribution is -2.65. The van der Waals surface area contributed by atoms with E-state index in [4.69, 9.17) is 0 Å². The van der Waals surface area contributed by atoms with Crippen molar-refractivity contribution in [2.24, 2.45) is 11.8 Å². The summed E-state index contributed by atoms with van der Waals surface area (Å²) in [7, 11) is 0. The molecular weight excluding hydrogens is 351 g/mol. The highest BCUT2D eigenvalue weighted by molar-refractivity contribution is 5.87. The summed E-state index contributed by atoms with van der Waals surface area (Å²) in [5.74, 6) is -0.105. The molecule has 1 aromatic rings. The van der Waals surface area contributed by atoms with Gasteiger partial charge >= 0.3 is 0 Å². The zero-order valence-corrected chi connectivity index (χ0v) is 15.4. The summed E-state index contributed by atoms with van der Waals surface area (Å²) < 4.78 is 14.3. The molecule has 0 bridgehead atoms. The van der Waals surface area contributed by atoms with Gasteiger partial charge in [-0.25, -0.2) is 19.8 Å². The second kappa shape index (κ2) is 7.38. The summed E-state index contributed by atoms with van der Waals surface area (Å²) in [6.07, 6.45) is 5.20. The maximum Gasteiger partial charge on any atom is 0.241 e. The second-order valence-electron chi connectivity index (χ2n) is 7.58. The predicted molar refractivity (Wildman–Crippen MR) is 96.0 cm³/mol. The fourth-order valence-corrected chi connectivity index (χ4v) is 4.48. The van der Waals surface area contributed by atoms with E-state index in [0.717, 1.165) is 25.7 Å². The first kappa shape index (κ1) is 18.1. The summed E-state index contributed by atoms with van der Waals surface area (Å²) in [6.45, 7) is 3.66. The van der Waals surface area contributed by atoms with Gasteiger partial charge in [-0.2, -0.15) is 0 Å². The van der Waals surface area contributed by atoms with Gasteiger partial charge in [0, 0.05) is 32.1 Å². The quantitative estimate of drug-likeness (QED) is 0.776. The van der Waals surface area contributed by atoms with Crippen LogP contribution in [0.3, 0.4) is 0 Å². The van der Waals surface area contributed by atoms with Crippen LogP contribution in [0.1, 0.15) is 31.4 Å². The monoisotopic (exact) mass is 376 g/mol. The van der Waals surface area contributed by atoms with E-state index in [1.807, 2.05) is 9.80 Å². The first-order valence-electron chi connectivity index (χ1n) is 9.62. The van der Waals surface area contributed by atoms with E-state index in [0.29, 0.717) is 37.7 Å². The fraction of sp³-hybridized carbons (Fsp3) is 0.667. The first-order chi connectivity index (χ1) is 13.1. The van der Waals surface area contributed by atoms with Crippen molar-refractivity contribution in [1.29, 1.82) is 0 Å². The fourth-order valence-electron chi connectivity index (χ4n) is 4.48. The van der Waals surface area contributed by atoms with E-state index in [9.17, 15) is 14.0 Å². The van der Waals surface area contributed by atoms with Gasteiger partial charge in [0.25, 0.3) is 0 Å². The van der Waals surface area contributed by atoms with E-state index in [-0.39, 0.29) is 29.7 Å². The molecule has 3 unspecified atom stereocenters. The standard InChI is InChI=1S/C18H25FN6O2/c1-11-14(19)16(21-10-20-11)24-6-8-25(9-7-24)18(27)15-12-4-2-3-5-13(12)17(26)23-22-15/h10,12-13,15,22H,2-9H2,1H3,(H,23,26). The molecule has 3 fully saturated rings. The molecule has 4 rings (SSSR count). The van der Waals surface area contributed by atoms with Crippen LogP contribution < -0.4 is 15.8 Å². The van der Waals surface area contributed by atoms with Gasteiger partial charge in [0.2, 0.25) is 11.8 Å². The summed E-state index contributed by atoms with van der Waals surface area (Å²) in [5, 5.41) is 0. The maximum absolute atomic E-state index is 14.3. The number of carbonyl (C=O) groups is 2. The first-order valence-corrected chi connectivity index (χ1v) is 9.62. The van der Waals surface area contributed by atoms with Gasteiger partial charge < -0.3 is 9.80 Å². The number of amides is 2. The van der Waals surface area contributed by atoms with Crippen molar-refractivity contribution in [1.82, 2.24) is 25.7 Å². The summed E-state index contributed by atoms with van der Waals surface area (Å²) in [6, 6.07) is -0.377. The maximum atomic E-state index is 14.3. The molecule has 0 aromatic carbocycles. The van der Waals surface area contributed by atoms with Crippen LogP contribution in [0.2, 0.25) is 0 Å². The highest BCUT2D eigenvalue weighted by Gasteiger charge is 2.44. The van der Waals surface area contributed by atoms with Gasteiger partial charge in [0.15, 0.2) is 11.6 Å². The third kappa shape index (κ3) is 3.36. The summed E-state index contributed by atoms with van der Waals surface area (Å²) in [5.41, 5.74) is 5.95. The molecule has 3 aliphatic rings. The highest BCUT2D eigenvalue weighted by atomic mass is 19.1. The lowest BCUT2D eigenvalue weighted by molar-refractivity contribution is -0.143. The molecule has 3 heterocycles. The molecule has 2 amide bonds. The molecule has 2 N–H and O–H groups in total. The second-order valence-corrected chi connectivity index (χ2v) is 7.58. The van der Waals surface area contributed by atoms with Crippen LogP contribution in [0.25, 0.3) is 0 Å². The Kier molecular flexibility index (Phi) is 4.94. The van der Waals surface area contributed by atoms with Crippen LogP contribution in [-0.4, -0.2) is 58.9 Å². The number of fused-ring (bicyclic) bond motifs is 1. The van der Waals surface area contributed by atoms with Crippen molar-refractivity contribution >= 4 is 17.6 Å². The predicted octanol–water partition coefficient (Wildman–Crippen LogP) is 0.382. The number of anilines is 1. The topological polar surface area (TPSA) is 90.5 Å². The largest absolute Gasteiger partial charge is 0.351 e. The van der Waals surface area contributed by atoms with Crippen molar-refractivity contribution in [2.75, 3.05) is 31.1 Å². The number of nitrogens with zero attached hydrogens (tertiary/aromatic N) is 4. The SMILES string of the molecule is Cc1ncnc(N2CCN(C(=O)C3NNC(=O)C4CCCCC43)CC2)c1F. The summed E-state index contributed by atoms with van der Waals surface area (Å²) in [4.78, 5) is 36.7. The van der Waals surface area contributed by atoms with E-state index in [1.54, 1.807) is 6.92 Å². The van der Waals surface area contributed by atoms with Crippen LogP contribution in [0.15, 0.2) is 6.33 Å². The lowest BCUT2D eigenvalue weighted by atomic mass is 9.73. The van der Waals surface area contributed by atoms with Crippen LogP contribution in [-0.2, 0) is 9.59 Å². The number of hydrogen-bond donors (Lipinski definition) is 2. The highest BCUT2D eigenvalue weighted by Crippen LogP contribution is 2.35. The number of hydrazine groups is 1. The average Bonchev–Trinajstić information content (AvgIpc) is 2.70. The van der Waals surface area contributed by atoms with Crippen LogP contribution >= 0.6 is 0 Å². The molecule has 1 aromatic heterocycles. The third-order valence-electron chi connectivity index (χ3n) is 6.04. The Hall–Kier alpha value is -2.29. The Morgan fingerprint density at radius 2 is 1.93 bits per heavy atom. The molecule has 27 heavy (non-hydrogen) atoms. The number of nitrogens with one attached hydrogen (secondary N) is 2. The smallest absolute Gasteiger partial charge is 0.241 e. The molecule has 1 aliphatic carbocycles. The Labute approximate surface area is 157 Å². The minimum absolute atomic E-state index is 0.00294. The zero-order valence-electron chi connectivity index (χ0n) is 15.4. The zero-order chi connectivity index (χ0) is 19.0. The van der Waals surface area contributed by atoms with Crippen LogP contribution in [0.4, 0.5) is 10.2 Å². The molecule has 146 valence electrons. The molecular formula is C18H25FN6O2. The summed E-state index contributed by atoms with van der Waals surface area (Å²) >= 11 is 0. The molecule has 2 aliphatic heterocycles. The van der Waals surface area contributed by atoms with Crippen molar-refractivity contribution < 1.29 is 14.0 Å². The Morgan fingerprint density at radius 1 is 1.19 bits per heavy atom. The molecule has 1 saturated carbocycles. The van der Waals surface area contributed by atoms with Gasteiger partial charge in [0.05, 0.1) is 5.69 Å². The molecule has 0 radical (unpaired) electrons. The Bertz CT molecular complexity index is 737. The van der Waals surface area contributed by atoms with Crippen molar-refractivity contribution in [2.45, 2.75) is 38.6 Å². The Balaban J connectivity index is 1.41. The number of piperazine rings is 1. The van der Waals surface area contributed by atoms with Crippen LogP contribution in [0.5, 0.6) is 0 Å². The number of carbonyl (C=O) groups excluding carboxylic acids is 2. The minimum Gasteiger partial charge on any atom is -0.351 e. The number of rotatable bonds is 2. The number of aromatic nitrogens is 2. The number of hydrogen-bond acceptors (Lipinski definition) is 6. The van der Waals surface area contributed by atoms with Gasteiger partial charge in [-0.1, -0.05) is 12.8 Å². The van der Waals surface area contributed by atoms with Gasteiger partial charge in [0.1, 0.15) is 12.4 Å². The van der Waals surface area contributed by atoms with E-state index in [1.165, 1.54) is 6.33 Å². The molecule has 2 saturated heterocycles. The van der Waals surface area contributed by atoms with Crippen LogP contribution in [0, 0.1) is 24.6 Å². The van der Waals surface area contributed by atoms with Gasteiger partial charge in [-0.15, -0.1) is 0 Å². The van der Waals surface area contributed by atoms with Crippen molar-refractivity contribution in [3.8, 4) is 0 Å².